The van der Waals surface area contributed by atoms with Crippen LogP contribution >= 0.6 is 0 Å². The lowest BCUT2D eigenvalue weighted by atomic mass is 10.0. The number of carbonyl (C=O) groups is 2. The average Bonchev–Trinajstić information content (AvgIpc) is 3.78. The van der Waals surface area contributed by atoms with E-state index in [1.807, 2.05) is 32.0 Å². The Morgan fingerprint density at radius 1 is 1.10 bits per heavy atom. The van der Waals surface area contributed by atoms with Crippen molar-refractivity contribution in [3.05, 3.63) is 59.7 Å². The maximum absolute atomic E-state index is 14.2. The van der Waals surface area contributed by atoms with Crippen LogP contribution in [0.4, 0.5) is 5.69 Å². The average molecular weight is 566 g/mol. The van der Waals surface area contributed by atoms with Crippen molar-refractivity contribution in [2.24, 2.45) is 11.8 Å². The second-order valence-electron chi connectivity index (χ2n) is 12.0. The van der Waals surface area contributed by atoms with Crippen LogP contribution in [0.5, 0.6) is 5.75 Å². The van der Waals surface area contributed by atoms with Gasteiger partial charge in [0, 0.05) is 43.4 Å². The quantitative estimate of drug-likeness (QED) is 0.464. The first-order valence-corrected chi connectivity index (χ1v) is 15.1. The third kappa shape index (κ3) is 9.02. The Balaban J connectivity index is 1.62. The van der Waals surface area contributed by atoms with E-state index in [1.54, 1.807) is 35.2 Å². The molecule has 224 valence electrons. The fourth-order valence-electron chi connectivity index (χ4n) is 5.38. The number of hydrogen-bond donors (Lipinski definition) is 2. The zero-order valence-electron chi connectivity index (χ0n) is 25.1. The summed E-state index contributed by atoms with van der Waals surface area (Å²) >= 11 is 0. The molecule has 0 saturated heterocycles. The molecule has 0 spiro atoms. The molecule has 0 radical (unpaired) electrons. The monoisotopic (exact) mass is 565 g/mol. The van der Waals surface area contributed by atoms with Crippen LogP contribution < -0.4 is 10.1 Å². The van der Waals surface area contributed by atoms with Crippen molar-refractivity contribution in [1.82, 2.24) is 9.80 Å². The van der Waals surface area contributed by atoms with Gasteiger partial charge in [-0.15, -0.1) is 0 Å². The standard InChI is InChI=1S/C33H47N3O5/c1-23-19-36(24(2)22-37)33(39)29-18-28(34-32(38)27-11-6-5-7-12-27)15-16-30(29)41-25(3)10-8-9-17-40-31(23)21-35(4)20-26-13-14-26/h5-7,11-12,15-16,18,23-26,31,37H,8-10,13-14,17,19-22H2,1-4H3,(H,34,38)/t23-,24-,25-,31-/m0/s1. The predicted octanol–water partition coefficient (Wildman–Crippen LogP) is 5.08. The Bertz CT molecular complexity index is 1140. The van der Waals surface area contributed by atoms with E-state index in [9.17, 15) is 14.7 Å². The summed E-state index contributed by atoms with van der Waals surface area (Å²) in [4.78, 5) is 31.2. The molecule has 0 bridgehead atoms. The Kier molecular flexibility index (Phi) is 11.2. The number of hydrogen-bond acceptors (Lipinski definition) is 6. The van der Waals surface area contributed by atoms with Crippen molar-refractivity contribution in [1.29, 1.82) is 0 Å². The molecule has 4 rings (SSSR count). The van der Waals surface area contributed by atoms with Gasteiger partial charge in [-0.3, -0.25) is 9.59 Å². The summed E-state index contributed by atoms with van der Waals surface area (Å²) in [6.45, 7) is 8.80. The molecule has 2 aromatic rings. The van der Waals surface area contributed by atoms with Crippen molar-refractivity contribution in [2.75, 3.05) is 45.2 Å². The van der Waals surface area contributed by atoms with E-state index in [2.05, 4.69) is 24.2 Å². The molecule has 4 atom stereocenters. The maximum atomic E-state index is 14.2. The zero-order chi connectivity index (χ0) is 29.4. The molecule has 2 aliphatic rings. The van der Waals surface area contributed by atoms with Crippen molar-refractivity contribution in [3.8, 4) is 5.75 Å². The third-order valence-corrected chi connectivity index (χ3v) is 8.10. The van der Waals surface area contributed by atoms with Crippen molar-refractivity contribution < 1.29 is 24.2 Å². The van der Waals surface area contributed by atoms with Crippen LogP contribution in [0, 0.1) is 11.8 Å². The highest BCUT2D eigenvalue weighted by Gasteiger charge is 2.31. The van der Waals surface area contributed by atoms with Gasteiger partial charge in [-0.05, 0) is 89.2 Å². The van der Waals surface area contributed by atoms with Crippen molar-refractivity contribution >= 4 is 17.5 Å². The van der Waals surface area contributed by atoms with Gasteiger partial charge in [-0.2, -0.15) is 0 Å². The van der Waals surface area contributed by atoms with E-state index in [-0.39, 0.29) is 36.5 Å². The van der Waals surface area contributed by atoms with Gasteiger partial charge in [0.2, 0.25) is 0 Å². The van der Waals surface area contributed by atoms with Crippen LogP contribution in [-0.4, -0.2) is 84.9 Å². The zero-order valence-corrected chi connectivity index (χ0v) is 25.1. The number of carbonyl (C=O) groups excluding carboxylic acids is 2. The first-order chi connectivity index (χ1) is 19.7. The molecule has 1 fully saturated rings. The van der Waals surface area contributed by atoms with Crippen LogP contribution in [0.25, 0.3) is 0 Å². The minimum Gasteiger partial charge on any atom is -0.490 e. The number of aliphatic hydroxyl groups excluding tert-OH is 1. The molecule has 2 aromatic carbocycles. The number of ether oxygens (including phenoxy) is 2. The lowest BCUT2D eigenvalue weighted by molar-refractivity contribution is -0.0172. The Morgan fingerprint density at radius 3 is 2.56 bits per heavy atom. The summed E-state index contributed by atoms with van der Waals surface area (Å²) in [6, 6.07) is 13.8. The summed E-state index contributed by atoms with van der Waals surface area (Å²) in [7, 11) is 2.15. The lowest BCUT2D eigenvalue weighted by Gasteiger charge is -2.36. The van der Waals surface area contributed by atoms with Gasteiger partial charge in [-0.25, -0.2) is 0 Å². The van der Waals surface area contributed by atoms with Crippen LogP contribution in [0.1, 0.15) is 73.6 Å². The molecular formula is C33H47N3O5. The largest absolute Gasteiger partial charge is 0.490 e. The van der Waals surface area contributed by atoms with E-state index < -0.39 is 6.04 Å². The number of nitrogens with one attached hydrogen (secondary N) is 1. The second kappa shape index (κ2) is 14.8. The number of rotatable bonds is 8. The highest BCUT2D eigenvalue weighted by molar-refractivity contribution is 6.05. The van der Waals surface area contributed by atoms with Crippen LogP contribution in [0.2, 0.25) is 0 Å². The van der Waals surface area contributed by atoms with Gasteiger partial charge in [0.05, 0.1) is 30.4 Å². The SMILES string of the molecule is C[C@H]1CCCCO[C@@H](CN(C)CC2CC2)[C@@H](C)CN([C@@H](C)CO)C(=O)c2cc(NC(=O)c3ccccc3)ccc2O1. The predicted molar refractivity (Wildman–Crippen MR) is 161 cm³/mol. The van der Waals surface area contributed by atoms with E-state index in [0.717, 1.165) is 38.3 Å². The maximum Gasteiger partial charge on any atom is 0.258 e. The molecule has 0 aromatic heterocycles. The Morgan fingerprint density at radius 2 is 1.85 bits per heavy atom. The molecule has 8 heteroatoms. The van der Waals surface area contributed by atoms with Gasteiger partial charge < -0.3 is 29.7 Å². The first kappa shape index (κ1) is 31.0. The van der Waals surface area contributed by atoms with Gasteiger partial charge in [0.25, 0.3) is 11.8 Å². The molecule has 0 unspecified atom stereocenters. The number of aliphatic hydroxyl groups is 1. The fourth-order valence-corrected chi connectivity index (χ4v) is 5.38. The Hall–Kier alpha value is -2.94. The highest BCUT2D eigenvalue weighted by atomic mass is 16.5. The minimum absolute atomic E-state index is 0.0347. The highest BCUT2D eigenvalue weighted by Crippen LogP contribution is 2.31. The normalized spacial score (nSPS) is 23.3. The first-order valence-electron chi connectivity index (χ1n) is 15.1. The summed E-state index contributed by atoms with van der Waals surface area (Å²) in [6.07, 6.45) is 5.20. The van der Waals surface area contributed by atoms with E-state index in [1.165, 1.54) is 12.8 Å². The molecule has 1 aliphatic carbocycles. The van der Waals surface area contributed by atoms with Gasteiger partial charge in [0.15, 0.2) is 0 Å². The summed E-state index contributed by atoms with van der Waals surface area (Å²) in [5, 5.41) is 13.1. The number of fused-ring (bicyclic) bond motifs is 1. The molecule has 41 heavy (non-hydrogen) atoms. The number of likely N-dealkylation sites (N-methyl/N-ethyl adjacent to an activating group) is 1. The van der Waals surface area contributed by atoms with E-state index in [0.29, 0.717) is 35.7 Å². The molecular weight excluding hydrogens is 518 g/mol. The number of benzene rings is 2. The molecule has 1 saturated carbocycles. The molecule has 8 nitrogen and oxygen atoms in total. The second-order valence-corrected chi connectivity index (χ2v) is 12.0. The summed E-state index contributed by atoms with van der Waals surface area (Å²) in [5.74, 6) is 0.825. The van der Waals surface area contributed by atoms with Crippen LogP contribution in [-0.2, 0) is 4.74 Å². The Labute approximate surface area is 245 Å². The molecule has 1 aliphatic heterocycles. The molecule has 2 N–H and O–H groups in total. The smallest absolute Gasteiger partial charge is 0.258 e. The van der Waals surface area contributed by atoms with E-state index in [4.69, 9.17) is 9.47 Å². The fraction of sp³-hybridized carbons (Fsp3) is 0.576. The number of anilines is 1. The lowest BCUT2D eigenvalue weighted by Crippen LogP contribution is -2.47. The van der Waals surface area contributed by atoms with Gasteiger partial charge in [0.1, 0.15) is 5.75 Å². The number of amides is 2. The van der Waals surface area contributed by atoms with E-state index >= 15 is 0 Å². The van der Waals surface area contributed by atoms with Gasteiger partial charge >= 0.3 is 0 Å². The van der Waals surface area contributed by atoms with Crippen LogP contribution in [0.15, 0.2) is 48.5 Å². The van der Waals surface area contributed by atoms with Crippen LogP contribution in [0.3, 0.4) is 0 Å². The minimum atomic E-state index is -0.407. The number of nitrogens with zero attached hydrogens (tertiary/aromatic N) is 2. The summed E-state index contributed by atoms with van der Waals surface area (Å²) in [5.41, 5.74) is 1.41. The third-order valence-electron chi connectivity index (χ3n) is 8.10. The molecule has 2 amide bonds. The topological polar surface area (TPSA) is 91.3 Å². The van der Waals surface area contributed by atoms with Crippen molar-refractivity contribution in [2.45, 2.75) is 71.1 Å². The molecule has 1 heterocycles. The van der Waals surface area contributed by atoms with Gasteiger partial charge in [-0.1, -0.05) is 25.1 Å². The van der Waals surface area contributed by atoms with Crippen molar-refractivity contribution in [3.63, 3.8) is 0 Å². The summed E-state index contributed by atoms with van der Waals surface area (Å²) < 4.78 is 12.7.